The van der Waals surface area contributed by atoms with Crippen LogP contribution in [0.15, 0.2) is 0 Å². The Morgan fingerprint density at radius 2 is 2.46 bits per heavy atom. The van der Waals surface area contributed by atoms with E-state index in [1.54, 1.807) is 13.8 Å². The van der Waals surface area contributed by atoms with E-state index in [1.165, 1.54) is 11.3 Å². The molecular weight excluding hydrogens is 303 g/mol. The second kappa shape index (κ2) is 4.75. The summed E-state index contributed by atoms with van der Waals surface area (Å²) in [5.41, 5.74) is 0.711. The average molecular weight is 312 g/mol. The predicted octanol–water partition coefficient (Wildman–Crippen LogP) is 2.39. The zero-order valence-electron chi connectivity index (χ0n) is 7.26. The number of nitrogens with zero attached hydrogens (tertiary/aromatic N) is 1. The van der Waals surface area contributed by atoms with Crippen LogP contribution < -0.4 is 3.53 Å². The van der Waals surface area contributed by atoms with Gasteiger partial charge in [0.2, 0.25) is 0 Å². The second-order valence-electron chi connectivity index (χ2n) is 2.25. The third-order valence-electron chi connectivity index (χ3n) is 1.34. The lowest BCUT2D eigenvalue weighted by Gasteiger charge is -1.97. The number of aryl methyl sites for hydroxylation is 1. The van der Waals surface area contributed by atoms with Crippen LogP contribution in [0, 0.1) is 6.92 Å². The molecule has 4 nitrogen and oxygen atoms in total. The zero-order valence-corrected chi connectivity index (χ0v) is 10.2. The number of hydrogen-bond donors (Lipinski definition) is 1. The molecule has 0 aliphatic heterocycles. The van der Waals surface area contributed by atoms with Crippen molar-refractivity contribution in [2.45, 2.75) is 13.8 Å². The summed E-state index contributed by atoms with van der Waals surface area (Å²) in [7, 11) is 0. The first-order valence-corrected chi connectivity index (χ1v) is 5.59. The molecule has 0 aliphatic carbocycles. The van der Waals surface area contributed by atoms with Crippen LogP contribution in [0.3, 0.4) is 0 Å². The number of aromatic nitrogens is 1. The Morgan fingerprint density at radius 1 is 1.77 bits per heavy atom. The zero-order chi connectivity index (χ0) is 9.84. The van der Waals surface area contributed by atoms with Crippen LogP contribution in [0.25, 0.3) is 0 Å². The number of carbonyl (C=O) groups is 1. The van der Waals surface area contributed by atoms with Gasteiger partial charge in [0.05, 0.1) is 35.2 Å². The molecule has 0 fully saturated rings. The SMILES string of the molecule is CCOC(=O)c1sc(NI)nc1C. The predicted molar refractivity (Wildman–Crippen MR) is 60.5 cm³/mol. The van der Waals surface area contributed by atoms with Gasteiger partial charge in [-0.2, -0.15) is 0 Å². The minimum atomic E-state index is -0.296. The van der Waals surface area contributed by atoms with Gasteiger partial charge in [0.25, 0.3) is 0 Å². The van der Waals surface area contributed by atoms with Crippen molar-refractivity contribution in [1.29, 1.82) is 0 Å². The van der Waals surface area contributed by atoms with Crippen molar-refractivity contribution in [3.8, 4) is 0 Å². The Morgan fingerprint density at radius 3 is 2.92 bits per heavy atom. The first-order valence-electron chi connectivity index (χ1n) is 3.70. The van der Waals surface area contributed by atoms with Crippen molar-refractivity contribution >= 4 is 45.3 Å². The maximum atomic E-state index is 11.3. The quantitative estimate of drug-likeness (QED) is 0.529. The third kappa shape index (κ3) is 2.53. The van der Waals surface area contributed by atoms with Gasteiger partial charge in [0.1, 0.15) is 4.88 Å². The molecule has 0 amide bonds. The summed E-state index contributed by atoms with van der Waals surface area (Å²) < 4.78 is 7.72. The number of hydrogen-bond acceptors (Lipinski definition) is 5. The number of esters is 1. The maximum absolute atomic E-state index is 11.3. The van der Waals surface area contributed by atoms with E-state index in [1.807, 2.05) is 22.9 Å². The van der Waals surface area contributed by atoms with Crippen LogP contribution >= 0.6 is 34.2 Å². The van der Waals surface area contributed by atoms with Crippen molar-refractivity contribution in [3.63, 3.8) is 0 Å². The highest BCUT2D eigenvalue weighted by molar-refractivity contribution is 14.1. The van der Waals surface area contributed by atoms with Gasteiger partial charge in [-0.3, -0.25) is 0 Å². The Balaban J connectivity index is 2.87. The number of halogens is 1. The fourth-order valence-corrected chi connectivity index (χ4v) is 2.02. The summed E-state index contributed by atoms with van der Waals surface area (Å²) in [5.74, 6) is -0.296. The van der Waals surface area contributed by atoms with Crippen molar-refractivity contribution in [3.05, 3.63) is 10.6 Å². The van der Waals surface area contributed by atoms with Gasteiger partial charge in [-0.05, 0) is 13.8 Å². The van der Waals surface area contributed by atoms with E-state index in [0.717, 1.165) is 5.13 Å². The Labute approximate surface area is 94.2 Å². The van der Waals surface area contributed by atoms with Crippen LogP contribution in [0.5, 0.6) is 0 Å². The molecule has 13 heavy (non-hydrogen) atoms. The third-order valence-corrected chi connectivity index (χ3v) is 3.27. The number of ether oxygens (including phenoxy) is 1. The normalized spacial score (nSPS) is 9.77. The van der Waals surface area contributed by atoms with Crippen molar-refractivity contribution in [2.24, 2.45) is 0 Å². The van der Waals surface area contributed by atoms with Crippen molar-refractivity contribution in [2.75, 3.05) is 10.1 Å². The molecule has 0 radical (unpaired) electrons. The largest absolute Gasteiger partial charge is 0.462 e. The molecule has 0 spiro atoms. The van der Waals surface area contributed by atoms with Gasteiger partial charge in [0.15, 0.2) is 5.13 Å². The van der Waals surface area contributed by atoms with Crippen LogP contribution in [0.1, 0.15) is 22.3 Å². The highest BCUT2D eigenvalue weighted by atomic mass is 127. The molecule has 0 unspecified atom stereocenters. The molecule has 1 heterocycles. The first-order chi connectivity index (χ1) is 6.19. The summed E-state index contributed by atoms with van der Waals surface area (Å²) in [4.78, 5) is 16.0. The van der Waals surface area contributed by atoms with Crippen LogP contribution in [-0.4, -0.2) is 17.6 Å². The molecule has 1 aromatic heterocycles. The van der Waals surface area contributed by atoms with E-state index < -0.39 is 0 Å². The summed E-state index contributed by atoms with van der Waals surface area (Å²) in [6, 6.07) is 0. The fourth-order valence-electron chi connectivity index (χ4n) is 0.823. The van der Waals surface area contributed by atoms with E-state index >= 15 is 0 Å². The molecule has 6 heteroatoms. The van der Waals surface area contributed by atoms with Gasteiger partial charge in [0, 0.05) is 0 Å². The molecule has 0 saturated carbocycles. The van der Waals surface area contributed by atoms with Crippen LogP contribution in [0.2, 0.25) is 0 Å². The molecule has 0 aliphatic rings. The smallest absolute Gasteiger partial charge is 0.350 e. The van der Waals surface area contributed by atoms with Crippen LogP contribution in [0.4, 0.5) is 5.13 Å². The van der Waals surface area contributed by atoms with E-state index in [2.05, 4.69) is 8.51 Å². The molecule has 72 valence electrons. The highest BCUT2D eigenvalue weighted by Crippen LogP contribution is 2.23. The monoisotopic (exact) mass is 312 g/mol. The lowest BCUT2D eigenvalue weighted by molar-refractivity contribution is 0.0531. The van der Waals surface area contributed by atoms with Gasteiger partial charge < -0.3 is 8.27 Å². The highest BCUT2D eigenvalue weighted by Gasteiger charge is 2.15. The molecule has 0 aromatic carbocycles. The maximum Gasteiger partial charge on any atom is 0.350 e. The van der Waals surface area contributed by atoms with Crippen molar-refractivity contribution < 1.29 is 9.53 Å². The summed E-state index contributed by atoms with van der Waals surface area (Å²) in [6.07, 6.45) is 0. The number of carbonyl (C=O) groups excluding carboxylic acids is 1. The Hall–Kier alpha value is -0.370. The van der Waals surface area contributed by atoms with Gasteiger partial charge in [-0.15, -0.1) is 0 Å². The Kier molecular flexibility index (Phi) is 3.91. The van der Waals surface area contributed by atoms with Crippen molar-refractivity contribution in [1.82, 2.24) is 4.98 Å². The van der Waals surface area contributed by atoms with Gasteiger partial charge in [-0.1, -0.05) is 11.3 Å². The Bertz CT molecular complexity index is 313. The van der Waals surface area contributed by atoms with E-state index in [4.69, 9.17) is 4.74 Å². The topological polar surface area (TPSA) is 51.2 Å². The summed E-state index contributed by atoms with van der Waals surface area (Å²) in [5, 5.41) is 0.723. The fraction of sp³-hybridized carbons (Fsp3) is 0.429. The number of anilines is 1. The second-order valence-corrected chi connectivity index (χ2v) is 3.79. The van der Waals surface area contributed by atoms with E-state index in [-0.39, 0.29) is 5.97 Å². The van der Waals surface area contributed by atoms with Gasteiger partial charge in [-0.25, -0.2) is 9.78 Å². The number of nitrogens with one attached hydrogen (secondary N) is 1. The first kappa shape index (κ1) is 10.7. The molecule has 0 bridgehead atoms. The van der Waals surface area contributed by atoms with E-state index in [9.17, 15) is 4.79 Å². The molecule has 1 rings (SSSR count). The van der Waals surface area contributed by atoms with E-state index in [0.29, 0.717) is 17.2 Å². The van der Waals surface area contributed by atoms with Gasteiger partial charge >= 0.3 is 5.97 Å². The van der Waals surface area contributed by atoms with Crippen LogP contribution in [-0.2, 0) is 4.74 Å². The molecular formula is C7H9IN2O2S. The lowest BCUT2D eigenvalue weighted by Crippen LogP contribution is -2.03. The molecule has 1 aromatic rings. The standard InChI is InChI=1S/C7H9IN2O2S/c1-3-12-6(11)5-4(2)9-7(10-8)13-5/h3H2,1-2H3,(H,9,10). The number of rotatable bonds is 3. The minimum absolute atomic E-state index is 0.296. The molecule has 1 N–H and O–H groups in total. The molecule has 0 saturated heterocycles. The molecule has 0 atom stereocenters. The lowest BCUT2D eigenvalue weighted by atomic mass is 10.4. The number of thiazole rings is 1. The minimum Gasteiger partial charge on any atom is -0.462 e. The summed E-state index contributed by atoms with van der Waals surface area (Å²) in [6.45, 7) is 3.97. The average Bonchev–Trinajstić information content (AvgIpc) is 2.47. The summed E-state index contributed by atoms with van der Waals surface area (Å²) >= 11 is 3.28.